The van der Waals surface area contributed by atoms with Crippen molar-refractivity contribution in [3.8, 4) is 0 Å². The van der Waals surface area contributed by atoms with E-state index in [0.717, 1.165) is 6.54 Å². The summed E-state index contributed by atoms with van der Waals surface area (Å²) < 4.78 is 5.46. The second kappa shape index (κ2) is 4.96. The summed E-state index contributed by atoms with van der Waals surface area (Å²) in [5.41, 5.74) is 5.97. The van der Waals surface area contributed by atoms with Crippen LogP contribution in [0.2, 0.25) is 0 Å². The lowest BCUT2D eigenvalue weighted by molar-refractivity contribution is 0.0529. The van der Waals surface area contributed by atoms with E-state index >= 15 is 0 Å². The molecule has 3 N–H and O–H groups in total. The molecule has 1 saturated heterocycles. The van der Waals surface area contributed by atoms with Gasteiger partial charge in [0.25, 0.3) is 0 Å². The second-order valence-corrected chi connectivity index (χ2v) is 3.84. The number of amidine groups is 1. The first kappa shape index (κ1) is 11.6. The van der Waals surface area contributed by atoms with Crippen LogP contribution in [0.5, 0.6) is 0 Å². The molecule has 1 aliphatic rings. The number of morpholine rings is 1. The third kappa shape index (κ3) is 2.44. The van der Waals surface area contributed by atoms with Crippen molar-refractivity contribution in [1.29, 1.82) is 0 Å². The largest absolute Gasteiger partial charge is 0.409 e. The predicted octanol–water partition coefficient (Wildman–Crippen LogP) is -0.204. The van der Waals surface area contributed by atoms with Gasteiger partial charge in [0.05, 0.1) is 12.7 Å². The number of nitrogens with two attached hydrogens (primary N) is 1. The molecule has 0 aromatic carbocycles. The van der Waals surface area contributed by atoms with Crippen LogP contribution in [-0.4, -0.2) is 46.8 Å². The zero-order valence-electron chi connectivity index (χ0n) is 9.58. The molecule has 2 heterocycles. The molecule has 1 unspecified atom stereocenters. The average molecular weight is 237 g/mol. The van der Waals surface area contributed by atoms with Crippen molar-refractivity contribution < 1.29 is 9.94 Å². The van der Waals surface area contributed by atoms with Crippen LogP contribution in [0, 0.1) is 0 Å². The van der Waals surface area contributed by atoms with Crippen LogP contribution < -0.4 is 10.6 Å². The van der Waals surface area contributed by atoms with Crippen molar-refractivity contribution in [2.45, 2.75) is 13.0 Å². The van der Waals surface area contributed by atoms with Gasteiger partial charge in [-0.2, -0.15) is 0 Å². The maximum Gasteiger partial charge on any atom is 0.192 e. The van der Waals surface area contributed by atoms with E-state index in [1.807, 2.05) is 11.8 Å². The number of rotatable bonds is 2. The molecule has 0 bridgehead atoms. The highest BCUT2D eigenvalue weighted by atomic mass is 16.5. The smallest absolute Gasteiger partial charge is 0.192 e. The Labute approximate surface area is 98.9 Å². The Morgan fingerprint density at radius 2 is 2.35 bits per heavy atom. The van der Waals surface area contributed by atoms with Crippen molar-refractivity contribution in [3.05, 3.63) is 18.1 Å². The Hall–Kier alpha value is -1.89. The standard InChI is InChI=1S/C10H15N5O2/c1-7-6-15(4-5-17-7)10-8(9(11)14-16)12-2-3-13-10/h2-3,7,16H,4-6H2,1H3,(H2,11,14). The fraction of sp³-hybridized carbons (Fsp3) is 0.500. The van der Waals surface area contributed by atoms with Crippen LogP contribution in [0.25, 0.3) is 0 Å². The van der Waals surface area contributed by atoms with E-state index in [1.165, 1.54) is 6.20 Å². The molecule has 1 fully saturated rings. The van der Waals surface area contributed by atoms with Crippen LogP contribution in [0.15, 0.2) is 17.5 Å². The lowest BCUT2D eigenvalue weighted by Crippen LogP contribution is -2.42. The fourth-order valence-electron chi connectivity index (χ4n) is 1.80. The molecule has 0 spiro atoms. The summed E-state index contributed by atoms with van der Waals surface area (Å²) in [6.07, 6.45) is 3.23. The van der Waals surface area contributed by atoms with E-state index in [9.17, 15) is 0 Å². The number of nitrogens with zero attached hydrogens (tertiary/aromatic N) is 4. The maximum absolute atomic E-state index is 8.71. The molecule has 0 aliphatic carbocycles. The number of hydrogen-bond acceptors (Lipinski definition) is 6. The number of hydrogen-bond donors (Lipinski definition) is 2. The van der Waals surface area contributed by atoms with Crippen molar-refractivity contribution >= 4 is 11.7 Å². The van der Waals surface area contributed by atoms with E-state index in [-0.39, 0.29) is 11.9 Å². The predicted molar refractivity (Wildman–Crippen MR) is 62.2 cm³/mol. The molecule has 92 valence electrons. The molecule has 0 amide bonds. The molecule has 7 nitrogen and oxygen atoms in total. The summed E-state index contributed by atoms with van der Waals surface area (Å²) in [6.45, 7) is 4.05. The van der Waals surface area contributed by atoms with Gasteiger partial charge in [-0.15, -0.1) is 0 Å². The quantitative estimate of drug-likeness (QED) is 0.320. The molecule has 0 saturated carbocycles. The Bertz CT molecular complexity index is 423. The van der Waals surface area contributed by atoms with Gasteiger partial charge in [0.1, 0.15) is 0 Å². The minimum atomic E-state index is -0.0350. The molecule has 1 aliphatic heterocycles. The summed E-state index contributed by atoms with van der Waals surface area (Å²) in [6, 6.07) is 0. The van der Waals surface area contributed by atoms with Crippen molar-refractivity contribution in [3.63, 3.8) is 0 Å². The Morgan fingerprint density at radius 3 is 3.06 bits per heavy atom. The van der Waals surface area contributed by atoms with Crippen LogP contribution in [0.4, 0.5) is 5.82 Å². The van der Waals surface area contributed by atoms with Crippen LogP contribution in [-0.2, 0) is 4.74 Å². The number of anilines is 1. The molecule has 0 radical (unpaired) electrons. The number of oxime groups is 1. The Morgan fingerprint density at radius 1 is 1.59 bits per heavy atom. The molecule has 1 aromatic rings. The first-order valence-corrected chi connectivity index (χ1v) is 5.38. The first-order valence-electron chi connectivity index (χ1n) is 5.38. The van der Waals surface area contributed by atoms with Crippen molar-refractivity contribution in [1.82, 2.24) is 9.97 Å². The SMILES string of the molecule is CC1CN(c2nccnc2C(N)=NO)CCO1. The molecule has 1 aromatic heterocycles. The number of aromatic nitrogens is 2. The summed E-state index contributed by atoms with van der Waals surface area (Å²) in [5.74, 6) is 0.588. The summed E-state index contributed by atoms with van der Waals surface area (Å²) in [5, 5.41) is 11.7. The minimum absolute atomic E-state index is 0.0350. The van der Waals surface area contributed by atoms with E-state index < -0.39 is 0 Å². The lowest BCUT2D eigenvalue weighted by atomic mass is 10.2. The van der Waals surface area contributed by atoms with Gasteiger partial charge in [0.15, 0.2) is 17.3 Å². The van der Waals surface area contributed by atoms with Gasteiger partial charge >= 0.3 is 0 Å². The lowest BCUT2D eigenvalue weighted by Gasteiger charge is -2.32. The zero-order valence-corrected chi connectivity index (χ0v) is 9.58. The van der Waals surface area contributed by atoms with Crippen molar-refractivity contribution in [2.24, 2.45) is 10.9 Å². The van der Waals surface area contributed by atoms with Crippen LogP contribution in [0.3, 0.4) is 0 Å². The third-order valence-electron chi connectivity index (χ3n) is 2.57. The van der Waals surface area contributed by atoms with E-state index in [1.54, 1.807) is 6.20 Å². The van der Waals surface area contributed by atoms with Gasteiger partial charge < -0.3 is 20.6 Å². The van der Waals surface area contributed by atoms with Crippen LogP contribution in [0.1, 0.15) is 12.6 Å². The monoisotopic (exact) mass is 237 g/mol. The second-order valence-electron chi connectivity index (χ2n) is 3.84. The molecule has 2 rings (SSSR count). The van der Waals surface area contributed by atoms with Gasteiger partial charge in [-0.25, -0.2) is 9.97 Å². The Balaban J connectivity index is 2.31. The fourth-order valence-corrected chi connectivity index (χ4v) is 1.80. The van der Waals surface area contributed by atoms with E-state index in [0.29, 0.717) is 24.7 Å². The van der Waals surface area contributed by atoms with Crippen molar-refractivity contribution in [2.75, 3.05) is 24.6 Å². The molecular weight excluding hydrogens is 222 g/mol. The Kier molecular flexibility index (Phi) is 3.38. The normalized spacial score (nSPS) is 21.6. The average Bonchev–Trinajstić information content (AvgIpc) is 2.38. The highest BCUT2D eigenvalue weighted by molar-refractivity contribution is 5.99. The maximum atomic E-state index is 8.71. The summed E-state index contributed by atoms with van der Waals surface area (Å²) in [7, 11) is 0. The minimum Gasteiger partial charge on any atom is -0.409 e. The van der Waals surface area contributed by atoms with Gasteiger partial charge in [-0.3, -0.25) is 0 Å². The van der Waals surface area contributed by atoms with E-state index in [2.05, 4.69) is 15.1 Å². The van der Waals surface area contributed by atoms with Gasteiger partial charge in [0, 0.05) is 25.5 Å². The molecule has 17 heavy (non-hydrogen) atoms. The topological polar surface area (TPSA) is 96.9 Å². The van der Waals surface area contributed by atoms with Gasteiger partial charge in [-0.05, 0) is 6.92 Å². The molecular formula is C10H15N5O2. The van der Waals surface area contributed by atoms with Gasteiger partial charge in [0.2, 0.25) is 0 Å². The first-order chi connectivity index (χ1) is 8.22. The van der Waals surface area contributed by atoms with Crippen LogP contribution >= 0.6 is 0 Å². The highest BCUT2D eigenvalue weighted by Gasteiger charge is 2.22. The van der Waals surface area contributed by atoms with E-state index in [4.69, 9.17) is 15.7 Å². The third-order valence-corrected chi connectivity index (χ3v) is 2.57. The van der Waals surface area contributed by atoms with Gasteiger partial charge in [-0.1, -0.05) is 5.16 Å². The summed E-state index contributed by atoms with van der Waals surface area (Å²) in [4.78, 5) is 10.4. The zero-order chi connectivity index (χ0) is 12.3. The molecule has 1 atom stereocenters. The summed E-state index contributed by atoms with van der Waals surface area (Å²) >= 11 is 0. The number of ether oxygens (including phenoxy) is 1. The molecule has 7 heteroatoms. The highest BCUT2D eigenvalue weighted by Crippen LogP contribution is 2.17.